The zero-order chi connectivity index (χ0) is 26.5. The summed E-state index contributed by atoms with van der Waals surface area (Å²) in [5.74, 6) is -0.889. The van der Waals surface area contributed by atoms with Gasteiger partial charge in [0.25, 0.3) is 0 Å². The molecule has 3 heteroatoms. The molecule has 0 aliphatic heterocycles. The van der Waals surface area contributed by atoms with Gasteiger partial charge in [0.15, 0.2) is 0 Å². The van der Waals surface area contributed by atoms with Gasteiger partial charge in [-0.1, -0.05) is 119 Å². The lowest BCUT2D eigenvalue weighted by Crippen LogP contribution is -2.02. The number of carboxylic acid groups (broad SMARTS) is 1. The molecule has 0 aliphatic rings. The largest absolute Gasteiger partial charge is 0.478 e. The summed E-state index contributed by atoms with van der Waals surface area (Å²) in [4.78, 5) is 12.1. The molecule has 1 unspecified atom stereocenters. The Kier molecular flexibility index (Phi) is 11.9. The third kappa shape index (κ3) is 8.57. The second kappa shape index (κ2) is 15.4. The fourth-order valence-corrected chi connectivity index (χ4v) is 5.02. The number of carboxylic acids is 1. The Labute approximate surface area is 223 Å². The highest BCUT2D eigenvalue weighted by Crippen LogP contribution is 2.33. The van der Waals surface area contributed by atoms with Crippen LogP contribution in [0.5, 0.6) is 0 Å². The van der Waals surface area contributed by atoms with E-state index >= 15 is 0 Å². The molecule has 0 saturated carbocycles. The molecule has 0 aromatic heterocycles. The molecule has 0 aliphatic carbocycles. The van der Waals surface area contributed by atoms with Gasteiger partial charge in [-0.15, -0.1) is 0 Å². The van der Waals surface area contributed by atoms with E-state index in [1.54, 1.807) is 13.2 Å². The van der Waals surface area contributed by atoms with Crippen LogP contribution in [0.3, 0.4) is 0 Å². The zero-order valence-corrected chi connectivity index (χ0v) is 23.0. The molecular weight excluding hydrogens is 456 g/mol. The number of methoxy groups -OCH3 is 1. The fraction of sp³-hybridized carbons (Fsp3) is 0.441. The Hall–Kier alpha value is -2.91. The van der Waals surface area contributed by atoms with Crippen LogP contribution in [0.2, 0.25) is 0 Å². The summed E-state index contributed by atoms with van der Waals surface area (Å²) in [7, 11) is 1.71. The summed E-state index contributed by atoms with van der Waals surface area (Å²) in [6, 6.07) is 22.3. The monoisotopic (exact) mass is 500 g/mol. The first-order valence-electron chi connectivity index (χ1n) is 14.1. The summed E-state index contributed by atoms with van der Waals surface area (Å²) >= 11 is 0. The highest BCUT2D eigenvalue weighted by molar-refractivity contribution is 5.97. The molecule has 0 heterocycles. The van der Waals surface area contributed by atoms with Crippen LogP contribution in [0.25, 0.3) is 22.3 Å². The van der Waals surface area contributed by atoms with Crippen molar-refractivity contribution in [2.75, 3.05) is 7.11 Å². The van der Waals surface area contributed by atoms with Crippen LogP contribution in [0, 0.1) is 0 Å². The number of aromatic carboxylic acids is 1. The van der Waals surface area contributed by atoms with Crippen molar-refractivity contribution in [3.63, 3.8) is 0 Å². The van der Waals surface area contributed by atoms with Crippen molar-refractivity contribution in [1.29, 1.82) is 0 Å². The van der Waals surface area contributed by atoms with Gasteiger partial charge in [0.1, 0.15) is 0 Å². The number of hydrogen-bond donors (Lipinski definition) is 1. The smallest absolute Gasteiger partial charge is 0.336 e. The quantitative estimate of drug-likeness (QED) is 0.199. The van der Waals surface area contributed by atoms with E-state index in [-0.39, 0.29) is 6.10 Å². The first-order chi connectivity index (χ1) is 18.0. The summed E-state index contributed by atoms with van der Waals surface area (Å²) in [5, 5.41) is 9.95. The molecule has 1 atom stereocenters. The van der Waals surface area contributed by atoms with Gasteiger partial charge in [0.05, 0.1) is 11.7 Å². The van der Waals surface area contributed by atoms with Crippen molar-refractivity contribution in [2.24, 2.45) is 0 Å². The molecule has 0 spiro atoms. The lowest BCUT2D eigenvalue weighted by Gasteiger charge is -2.15. The Morgan fingerprint density at radius 2 is 1.35 bits per heavy atom. The molecule has 0 amide bonds. The van der Waals surface area contributed by atoms with Gasteiger partial charge >= 0.3 is 5.97 Å². The number of hydrogen-bond acceptors (Lipinski definition) is 2. The maximum absolute atomic E-state index is 12.1. The molecule has 3 nitrogen and oxygen atoms in total. The summed E-state index contributed by atoms with van der Waals surface area (Å²) in [5.41, 5.74) is 6.61. The van der Waals surface area contributed by atoms with Gasteiger partial charge in [-0.25, -0.2) is 4.79 Å². The number of unbranched alkanes of at least 4 members (excludes halogenated alkanes) is 9. The molecule has 37 heavy (non-hydrogen) atoms. The van der Waals surface area contributed by atoms with E-state index < -0.39 is 5.97 Å². The summed E-state index contributed by atoms with van der Waals surface area (Å²) in [6.45, 7) is 4.29. The van der Waals surface area contributed by atoms with Crippen LogP contribution in [0.15, 0.2) is 66.7 Å². The van der Waals surface area contributed by atoms with Gasteiger partial charge in [0.2, 0.25) is 0 Å². The van der Waals surface area contributed by atoms with Crippen LogP contribution >= 0.6 is 0 Å². The van der Waals surface area contributed by atoms with Crippen LogP contribution in [-0.2, 0) is 11.2 Å². The predicted octanol–water partition coefficient (Wildman–Crippen LogP) is 9.89. The zero-order valence-electron chi connectivity index (χ0n) is 23.0. The molecule has 0 bridgehead atoms. The van der Waals surface area contributed by atoms with Crippen LogP contribution in [0.4, 0.5) is 0 Å². The van der Waals surface area contributed by atoms with E-state index in [4.69, 9.17) is 4.74 Å². The molecule has 0 fully saturated rings. The van der Waals surface area contributed by atoms with E-state index in [2.05, 4.69) is 49.4 Å². The van der Waals surface area contributed by atoms with Crippen LogP contribution in [-0.4, -0.2) is 18.2 Å². The minimum Gasteiger partial charge on any atom is -0.478 e. The van der Waals surface area contributed by atoms with E-state index in [0.29, 0.717) is 5.56 Å². The first-order valence-corrected chi connectivity index (χ1v) is 14.1. The third-order valence-electron chi connectivity index (χ3n) is 7.42. The Bertz CT molecular complexity index is 1100. The normalized spacial score (nSPS) is 12.0. The summed E-state index contributed by atoms with van der Waals surface area (Å²) < 4.78 is 5.43. The van der Waals surface area contributed by atoms with Crippen molar-refractivity contribution in [3.05, 3.63) is 83.4 Å². The Morgan fingerprint density at radius 3 is 1.97 bits per heavy atom. The second-order valence-electron chi connectivity index (χ2n) is 10.2. The lowest BCUT2D eigenvalue weighted by atomic mass is 9.90. The number of carbonyl (C=O) groups is 1. The molecular formula is C34H44O3. The predicted molar refractivity (Wildman–Crippen MR) is 155 cm³/mol. The van der Waals surface area contributed by atoms with Crippen molar-refractivity contribution in [1.82, 2.24) is 0 Å². The number of rotatable bonds is 16. The molecule has 3 rings (SSSR count). The second-order valence-corrected chi connectivity index (χ2v) is 10.2. The van der Waals surface area contributed by atoms with Crippen LogP contribution in [0.1, 0.15) is 106 Å². The minimum absolute atomic E-state index is 0.0386. The molecule has 3 aromatic carbocycles. The maximum Gasteiger partial charge on any atom is 0.336 e. The van der Waals surface area contributed by atoms with Gasteiger partial charge in [0, 0.05) is 7.11 Å². The van der Waals surface area contributed by atoms with Crippen LogP contribution < -0.4 is 0 Å². The molecule has 0 radical (unpaired) electrons. The van der Waals surface area contributed by atoms with Gasteiger partial charge in [-0.3, -0.25) is 0 Å². The summed E-state index contributed by atoms with van der Waals surface area (Å²) in [6.07, 6.45) is 14.1. The third-order valence-corrected chi connectivity index (χ3v) is 7.42. The molecule has 0 saturated heterocycles. The Balaban J connectivity index is 1.70. The molecule has 198 valence electrons. The van der Waals surface area contributed by atoms with E-state index in [1.165, 1.54) is 63.4 Å². The topological polar surface area (TPSA) is 46.5 Å². The van der Waals surface area contributed by atoms with Crippen molar-refractivity contribution in [3.8, 4) is 22.3 Å². The Morgan fingerprint density at radius 1 is 0.757 bits per heavy atom. The standard InChI is InChI=1S/C34H44O3/c1-4-5-6-7-8-9-10-11-12-13-16-29-17-14-15-18-31(29)33-25-30(23-24-32(33)34(35)36)28-21-19-27(20-22-28)26(2)37-3/h14-15,17-26H,4-13,16H2,1-3H3,(H,35,36). The van der Waals surface area contributed by atoms with E-state index in [1.807, 2.05) is 25.1 Å². The van der Waals surface area contributed by atoms with E-state index in [0.717, 1.165) is 40.7 Å². The number of aryl methyl sites for hydroxylation is 1. The highest BCUT2D eigenvalue weighted by atomic mass is 16.5. The first kappa shape index (κ1) is 28.7. The van der Waals surface area contributed by atoms with Gasteiger partial charge in [-0.2, -0.15) is 0 Å². The van der Waals surface area contributed by atoms with E-state index in [9.17, 15) is 9.90 Å². The van der Waals surface area contributed by atoms with Gasteiger partial charge < -0.3 is 9.84 Å². The van der Waals surface area contributed by atoms with Gasteiger partial charge in [-0.05, 0) is 65.3 Å². The minimum atomic E-state index is -0.889. The number of ether oxygens (including phenoxy) is 1. The lowest BCUT2D eigenvalue weighted by molar-refractivity contribution is 0.0697. The molecule has 3 aromatic rings. The fourth-order valence-electron chi connectivity index (χ4n) is 5.02. The van der Waals surface area contributed by atoms with Crippen molar-refractivity contribution < 1.29 is 14.6 Å². The van der Waals surface area contributed by atoms with Crippen molar-refractivity contribution >= 4 is 5.97 Å². The maximum atomic E-state index is 12.1. The number of benzene rings is 3. The molecule has 1 N–H and O–H groups in total. The average molecular weight is 501 g/mol. The SMILES string of the molecule is CCCCCCCCCCCCc1ccccc1-c1cc(-c2ccc(C(C)OC)cc2)ccc1C(=O)O. The average Bonchev–Trinajstić information content (AvgIpc) is 2.93. The van der Waals surface area contributed by atoms with Crippen molar-refractivity contribution in [2.45, 2.75) is 90.6 Å². The highest BCUT2D eigenvalue weighted by Gasteiger charge is 2.16.